The standard InChI is InChI=1S/C15H24N4O2/c1-11(2)12-9-13(17-16-10-12)14(20)18-5-7-19(8-6-18)15(3,4)21/h9-11,21H,5-8H2,1-4H3. The zero-order valence-electron chi connectivity index (χ0n) is 13.2. The minimum atomic E-state index is -0.841. The van der Waals surface area contributed by atoms with E-state index in [-0.39, 0.29) is 5.91 Å². The fourth-order valence-electron chi connectivity index (χ4n) is 2.42. The number of aliphatic hydroxyl groups is 1. The molecule has 1 aromatic rings. The molecule has 6 nitrogen and oxygen atoms in total. The van der Waals surface area contributed by atoms with Gasteiger partial charge in [-0.05, 0) is 31.4 Å². The van der Waals surface area contributed by atoms with Crippen molar-refractivity contribution in [3.63, 3.8) is 0 Å². The third-order valence-electron chi connectivity index (χ3n) is 3.90. The van der Waals surface area contributed by atoms with E-state index in [0.29, 0.717) is 37.8 Å². The van der Waals surface area contributed by atoms with Crippen molar-refractivity contribution in [1.29, 1.82) is 0 Å². The van der Waals surface area contributed by atoms with Crippen LogP contribution < -0.4 is 0 Å². The molecule has 1 N–H and O–H groups in total. The summed E-state index contributed by atoms with van der Waals surface area (Å²) in [7, 11) is 0. The smallest absolute Gasteiger partial charge is 0.274 e. The lowest BCUT2D eigenvalue weighted by Gasteiger charge is -2.40. The molecule has 2 heterocycles. The van der Waals surface area contributed by atoms with E-state index in [0.717, 1.165) is 5.56 Å². The van der Waals surface area contributed by atoms with E-state index in [2.05, 4.69) is 24.0 Å². The van der Waals surface area contributed by atoms with Gasteiger partial charge < -0.3 is 10.0 Å². The van der Waals surface area contributed by atoms with Crippen LogP contribution in [0.5, 0.6) is 0 Å². The lowest BCUT2D eigenvalue weighted by atomic mass is 10.1. The predicted molar refractivity (Wildman–Crippen MR) is 79.9 cm³/mol. The number of piperazine rings is 1. The first kappa shape index (κ1) is 15.9. The summed E-state index contributed by atoms with van der Waals surface area (Å²) >= 11 is 0. The van der Waals surface area contributed by atoms with E-state index in [1.807, 2.05) is 11.0 Å². The van der Waals surface area contributed by atoms with E-state index >= 15 is 0 Å². The van der Waals surface area contributed by atoms with E-state index < -0.39 is 5.72 Å². The highest BCUT2D eigenvalue weighted by atomic mass is 16.3. The van der Waals surface area contributed by atoms with E-state index in [4.69, 9.17) is 0 Å². The third kappa shape index (κ3) is 3.77. The molecule has 1 saturated heterocycles. The van der Waals surface area contributed by atoms with Crippen molar-refractivity contribution >= 4 is 5.91 Å². The quantitative estimate of drug-likeness (QED) is 0.903. The van der Waals surface area contributed by atoms with Crippen LogP contribution in [-0.2, 0) is 0 Å². The van der Waals surface area contributed by atoms with Gasteiger partial charge in [-0.3, -0.25) is 9.69 Å². The summed E-state index contributed by atoms with van der Waals surface area (Å²) < 4.78 is 0. The lowest BCUT2D eigenvalue weighted by molar-refractivity contribution is -0.0930. The average Bonchev–Trinajstić information content (AvgIpc) is 2.46. The van der Waals surface area contributed by atoms with Gasteiger partial charge >= 0.3 is 0 Å². The Hall–Kier alpha value is -1.53. The molecule has 6 heteroatoms. The molecule has 0 aromatic carbocycles. The SMILES string of the molecule is CC(C)c1cnnc(C(=O)N2CCN(C(C)(C)O)CC2)c1. The van der Waals surface area contributed by atoms with E-state index in [1.165, 1.54) is 0 Å². The second kappa shape index (κ2) is 6.07. The Kier molecular flexibility index (Phi) is 4.58. The summed E-state index contributed by atoms with van der Waals surface area (Å²) in [5.74, 6) is 0.236. The molecule has 0 spiro atoms. The molecule has 1 aliphatic rings. The van der Waals surface area contributed by atoms with Crippen LogP contribution in [-0.4, -0.2) is 62.9 Å². The van der Waals surface area contributed by atoms with Crippen molar-refractivity contribution in [3.05, 3.63) is 23.5 Å². The Bertz CT molecular complexity index is 503. The van der Waals surface area contributed by atoms with Crippen molar-refractivity contribution in [3.8, 4) is 0 Å². The van der Waals surface area contributed by atoms with Crippen molar-refractivity contribution in [1.82, 2.24) is 20.0 Å². The van der Waals surface area contributed by atoms with Crippen molar-refractivity contribution in [2.24, 2.45) is 0 Å². The Labute approximate surface area is 125 Å². The molecule has 1 aromatic heterocycles. The van der Waals surface area contributed by atoms with E-state index in [1.54, 1.807) is 24.9 Å². The molecule has 1 amide bonds. The summed E-state index contributed by atoms with van der Waals surface area (Å²) in [6.45, 7) is 10.2. The Morgan fingerprint density at radius 3 is 2.43 bits per heavy atom. The monoisotopic (exact) mass is 292 g/mol. The molecular weight excluding hydrogens is 268 g/mol. The molecule has 0 saturated carbocycles. The molecule has 0 bridgehead atoms. The summed E-state index contributed by atoms with van der Waals surface area (Å²) in [4.78, 5) is 16.2. The molecule has 0 atom stereocenters. The van der Waals surface area contributed by atoms with Crippen LogP contribution in [0.4, 0.5) is 0 Å². The fraction of sp³-hybridized carbons (Fsp3) is 0.667. The predicted octanol–water partition coefficient (Wildman–Crippen LogP) is 1.09. The van der Waals surface area contributed by atoms with Crippen molar-refractivity contribution in [2.75, 3.05) is 26.2 Å². The maximum Gasteiger partial charge on any atom is 0.274 e. The third-order valence-corrected chi connectivity index (χ3v) is 3.90. The minimum Gasteiger partial charge on any atom is -0.376 e. The zero-order valence-corrected chi connectivity index (χ0v) is 13.2. The van der Waals surface area contributed by atoms with Gasteiger partial charge in [0, 0.05) is 26.2 Å². The summed E-state index contributed by atoms with van der Waals surface area (Å²) in [5, 5.41) is 17.9. The van der Waals surface area contributed by atoms with Crippen LogP contribution in [0.1, 0.15) is 49.7 Å². The summed E-state index contributed by atoms with van der Waals surface area (Å²) in [6, 6.07) is 1.82. The zero-order chi connectivity index (χ0) is 15.6. The van der Waals surface area contributed by atoms with Crippen LogP contribution in [0.25, 0.3) is 0 Å². The Morgan fingerprint density at radius 1 is 1.29 bits per heavy atom. The number of aromatic nitrogens is 2. The van der Waals surface area contributed by atoms with Gasteiger partial charge in [-0.25, -0.2) is 0 Å². The number of hydrogen-bond acceptors (Lipinski definition) is 5. The van der Waals surface area contributed by atoms with Crippen LogP contribution in [0.3, 0.4) is 0 Å². The highest BCUT2D eigenvalue weighted by Crippen LogP contribution is 2.17. The Balaban J connectivity index is 2.04. The number of rotatable bonds is 3. The first-order valence-corrected chi connectivity index (χ1v) is 7.38. The number of carbonyl (C=O) groups excluding carboxylic acids is 1. The largest absolute Gasteiger partial charge is 0.376 e. The van der Waals surface area contributed by atoms with Gasteiger partial charge in [0.2, 0.25) is 0 Å². The maximum atomic E-state index is 12.5. The second-order valence-corrected chi connectivity index (χ2v) is 6.30. The number of amides is 1. The highest BCUT2D eigenvalue weighted by Gasteiger charge is 2.30. The van der Waals surface area contributed by atoms with Gasteiger partial charge in [0.1, 0.15) is 5.72 Å². The second-order valence-electron chi connectivity index (χ2n) is 6.30. The van der Waals surface area contributed by atoms with Crippen LogP contribution >= 0.6 is 0 Å². The van der Waals surface area contributed by atoms with Crippen molar-refractivity contribution in [2.45, 2.75) is 39.3 Å². The van der Waals surface area contributed by atoms with Gasteiger partial charge in [-0.15, -0.1) is 5.10 Å². The van der Waals surface area contributed by atoms with Crippen LogP contribution in [0.15, 0.2) is 12.3 Å². The summed E-state index contributed by atoms with van der Waals surface area (Å²) in [6.07, 6.45) is 1.70. The average molecular weight is 292 g/mol. The van der Waals surface area contributed by atoms with Crippen molar-refractivity contribution < 1.29 is 9.90 Å². The molecule has 1 aliphatic heterocycles. The van der Waals surface area contributed by atoms with Gasteiger partial charge in [-0.1, -0.05) is 13.8 Å². The molecule has 21 heavy (non-hydrogen) atoms. The first-order valence-electron chi connectivity index (χ1n) is 7.38. The molecule has 0 aliphatic carbocycles. The van der Waals surface area contributed by atoms with Gasteiger partial charge in [0.25, 0.3) is 5.91 Å². The number of carbonyl (C=O) groups is 1. The topological polar surface area (TPSA) is 69.6 Å². The maximum absolute atomic E-state index is 12.5. The van der Waals surface area contributed by atoms with Gasteiger partial charge in [0.05, 0.1) is 6.20 Å². The van der Waals surface area contributed by atoms with Crippen LogP contribution in [0, 0.1) is 0 Å². The van der Waals surface area contributed by atoms with Crippen LogP contribution in [0.2, 0.25) is 0 Å². The number of hydrogen-bond donors (Lipinski definition) is 1. The molecule has 0 radical (unpaired) electrons. The molecular formula is C15H24N4O2. The van der Waals surface area contributed by atoms with Gasteiger partial charge in [-0.2, -0.15) is 5.10 Å². The number of nitrogens with zero attached hydrogens (tertiary/aromatic N) is 4. The fourth-order valence-corrected chi connectivity index (χ4v) is 2.42. The normalized spacial score (nSPS) is 17.3. The first-order chi connectivity index (χ1) is 9.79. The molecule has 0 unspecified atom stereocenters. The molecule has 2 rings (SSSR count). The van der Waals surface area contributed by atoms with Gasteiger partial charge in [0.15, 0.2) is 5.69 Å². The summed E-state index contributed by atoms with van der Waals surface area (Å²) in [5.41, 5.74) is 0.577. The molecule has 1 fully saturated rings. The highest BCUT2D eigenvalue weighted by molar-refractivity contribution is 5.92. The lowest BCUT2D eigenvalue weighted by Crippen LogP contribution is -2.55. The minimum absolute atomic E-state index is 0.0830. The van der Waals surface area contributed by atoms with E-state index in [9.17, 15) is 9.90 Å². The molecule has 116 valence electrons. The Morgan fingerprint density at radius 2 is 1.90 bits per heavy atom.